The second-order valence-corrected chi connectivity index (χ2v) is 8.56. The number of nitrogens with one attached hydrogen (secondary N) is 1. The van der Waals surface area contributed by atoms with Gasteiger partial charge < -0.3 is 19.3 Å². The number of methoxy groups -OCH3 is 1. The van der Waals surface area contributed by atoms with Gasteiger partial charge >= 0.3 is 6.09 Å². The molecule has 2 heterocycles. The third-order valence-electron chi connectivity index (χ3n) is 5.84. The van der Waals surface area contributed by atoms with Gasteiger partial charge in [-0.15, -0.1) is 0 Å². The molecule has 0 unspecified atom stereocenters. The maximum Gasteiger partial charge on any atom is 0.409 e. The fourth-order valence-electron chi connectivity index (χ4n) is 4.03. The Morgan fingerprint density at radius 2 is 1.92 bits per heavy atom. The van der Waals surface area contributed by atoms with E-state index in [9.17, 15) is 14.0 Å². The van der Waals surface area contributed by atoms with Gasteiger partial charge in [-0.05, 0) is 42.8 Å². The molecule has 186 valence electrons. The number of pyridine rings is 2. The zero-order valence-electron chi connectivity index (χ0n) is 19.9. The monoisotopic (exact) mass is 510 g/mol. The maximum absolute atomic E-state index is 14.2. The minimum atomic E-state index is -1.43. The molecule has 2 aromatic carbocycles. The van der Waals surface area contributed by atoms with E-state index in [0.717, 1.165) is 17.4 Å². The summed E-state index contributed by atoms with van der Waals surface area (Å²) in [6.07, 6.45) is 0.236. The number of aryl methyl sites for hydroxylation is 1. The fraction of sp³-hybridized carbons (Fsp3) is 0.192. The Bertz CT molecular complexity index is 1510. The molecule has 4 aromatic rings. The number of hydrogen-bond acceptors (Lipinski definition) is 5. The van der Waals surface area contributed by atoms with Gasteiger partial charge in [-0.25, -0.2) is 14.2 Å². The van der Waals surface area contributed by atoms with Gasteiger partial charge in [0.15, 0.2) is 0 Å². The van der Waals surface area contributed by atoms with Crippen LogP contribution < -0.4 is 20.5 Å². The van der Waals surface area contributed by atoms with Crippen LogP contribution in [-0.4, -0.2) is 34.9 Å². The van der Waals surface area contributed by atoms with E-state index in [1.807, 2.05) is 54.5 Å². The molecule has 0 saturated heterocycles. The Morgan fingerprint density at radius 1 is 1.19 bits per heavy atom. The number of anilines is 2. The summed E-state index contributed by atoms with van der Waals surface area (Å²) in [5.41, 5.74) is 1.55. The second kappa shape index (κ2) is 10.2. The molecule has 2 aromatic heterocycles. The molecule has 0 atom stereocenters. The third kappa shape index (κ3) is 4.96. The Kier molecular flexibility index (Phi) is 7.12. The van der Waals surface area contributed by atoms with Crippen molar-refractivity contribution in [3.05, 3.63) is 81.5 Å². The van der Waals surface area contributed by atoms with Crippen molar-refractivity contribution in [2.24, 2.45) is 0 Å². The summed E-state index contributed by atoms with van der Waals surface area (Å²) in [5, 5.41) is 11.7. The van der Waals surface area contributed by atoms with E-state index in [0.29, 0.717) is 29.8 Å². The van der Waals surface area contributed by atoms with E-state index >= 15 is 0 Å². The smallest absolute Gasteiger partial charge is 0.409 e. The number of ether oxygens (including phenoxy) is 1. The van der Waals surface area contributed by atoms with Crippen LogP contribution >= 0.6 is 11.6 Å². The predicted molar refractivity (Wildman–Crippen MR) is 139 cm³/mol. The number of benzene rings is 2. The van der Waals surface area contributed by atoms with Gasteiger partial charge in [-0.3, -0.25) is 10.1 Å². The Hall–Kier alpha value is -4.11. The first kappa shape index (κ1) is 25.0. The lowest BCUT2D eigenvalue weighted by molar-refractivity contribution is 0.209. The highest BCUT2D eigenvalue weighted by atomic mass is 35.5. The standard InChI is InChI=1S/C26H24ClFN4O4/c1-4-32-23-12-24(31(2)14-15-5-7-17(36-3)8-6-15)29-13-16(23)9-19(25(32)33)18-10-22(30-26(34)35)21(28)11-20(18)27/h5-13,30H,4,14H2,1-3H3,(H,34,35). The van der Waals surface area contributed by atoms with Gasteiger partial charge in [0.1, 0.15) is 17.4 Å². The first-order chi connectivity index (χ1) is 17.2. The molecule has 0 bridgehead atoms. The lowest BCUT2D eigenvalue weighted by atomic mass is 10.0. The molecular formula is C26H24ClFN4O4. The highest BCUT2D eigenvalue weighted by molar-refractivity contribution is 6.33. The molecule has 0 fully saturated rings. The number of amides is 1. The van der Waals surface area contributed by atoms with E-state index < -0.39 is 11.9 Å². The molecule has 8 nitrogen and oxygen atoms in total. The van der Waals surface area contributed by atoms with Gasteiger partial charge in [0.05, 0.1) is 23.3 Å². The molecule has 0 aliphatic rings. The van der Waals surface area contributed by atoms with Crippen molar-refractivity contribution in [2.75, 3.05) is 24.4 Å². The molecule has 0 spiro atoms. The number of nitrogens with zero attached hydrogens (tertiary/aromatic N) is 3. The molecule has 0 aliphatic heterocycles. The van der Waals surface area contributed by atoms with Crippen LogP contribution in [0.3, 0.4) is 0 Å². The minimum Gasteiger partial charge on any atom is -0.497 e. The SMILES string of the molecule is CCn1c(=O)c(-c2cc(NC(=O)O)c(F)cc2Cl)cc2cnc(N(C)Cc3ccc(OC)cc3)cc21. The molecule has 36 heavy (non-hydrogen) atoms. The van der Waals surface area contributed by atoms with Crippen molar-refractivity contribution < 1.29 is 19.0 Å². The van der Waals surface area contributed by atoms with E-state index in [4.69, 9.17) is 21.4 Å². The summed E-state index contributed by atoms with van der Waals surface area (Å²) in [6.45, 7) is 2.81. The summed E-state index contributed by atoms with van der Waals surface area (Å²) < 4.78 is 21.0. The van der Waals surface area contributed by atoms with E-state index in [1.165, 1.54) is 6.07 Å². The van der Waals surface area contributed by atoms with Crippen LogP contribution in [0.25, 0.3) is 22.0 Å². The van der Waals surface area contributed by atoms with Gasteiger partial charge in [-0.2, -0.15) is 0 Å². The first-order valence-corrected chi connectivity index (χ1v) is 11.5. The van der Waals surface area contributed by atoms with Crippen molar-refractivity contribution in [3.8, 4) is 16.9 Å². The zero-order chi connectivity index (χ0) is 26.0. The minimum absolute atomic E-state index is 0.00801. The third-order valence-corrected chi connectivity index (χ3v) is 6.15. The average molecular weight is 511 g/mol. The average Bonchev–Trinajstić information content (AvgIpc) is 2.85. The summed E-state index contributed by atoms with van der Waals surface area (Å²) >= 11 is 6.26. The van der Waals surface area contributed by atoms with E-state index in [2.05, 4.69) is 4.98 Å². The van der Waals surface area contributed by atoms with Crippen molar-refractivity contribution >= 4 is 40.1 Å². The molecule has 0 radical (unpaired) electrons. The van der Waals surface area contributed by atoms with Crippen LogP contribution in [0.15, 0.2) is 59.5 Å². The van der Waals surface area contributed by atoms with Crippen LogP contribution in [0.1, 0.15) is 12.5 Å². The number of fused-ring (bicyclic) bond motifs is 1. The Labute approximate surface area is 211 Å². The Balaban J connectivity index is 1.76. The molecule has 0 saturated carbocycles. The quantitative estimate of drug-likeness (QED) is 0.335. The Morgan fingerprint density at radius 3 is 2.56 bits per heavy atom. The first-order valence-electron chi connectivity index (χ1n) is 11.1. The van der Waals surface area contributed by atoms with Gasteiger partial charge in [0, 0.05) is 48.9 Å². The summed E-state index contributed by atoms with van der Waals surface area (Å²) in [5.74, 6) is 0.620. The maximum atomic E-state index is 14.2. The highest BCUT2D eigenvalue weighted by Gasteiger charge is 2.18. The number of rotatable bonds is 7. The van der Waals surface area contributed by atoms with E-state index in [-0.39, 0.29) is 27.4 Å². The number of carbonyl (C=O) groups is 1. The van der Waals surface area contributed by atoms with Crippen LogP contribution in [0.5, 0.6) is 5.75 Å². The summed E-state index contributed by atoms with van der Waals surface area (Å²) in [4.78, 5) is 31.0. The summed E-state index contributed by atoms with van der Waals surface area (Å²) in [6, 6.07) is 13.4. The van der Waals surface area contributed by atoms with Crippen molar-refractivity contribution in [1.29, 1.82) is 0 Å². The van der Waals surface area contributed by atoms with Crippen LogP contribution in [0.2, 0.25) is 5.02 Å². The lowest BCUT2D eigenvalue weighted by Crippen LogP contribution is -2.23. The fourth-order valence-corrected chi connectivity index (χ4v) is 4.28. The van der Waals surface area contributed by atoms with Crippen LogP contribution in [-0.2, 0) is 13.1 Å². The molecule has 10 heteroatoms. The van der Waals surface area contributed by atoms with Crippen molar-refractivity contribution in [3.63, 3.8) is 0 Å². The molecule has 4 rings (SSSR count). The van der Waals surface area contributed by atoms with Crippen LogP contribution in [0.4, 0.5) is 20.7 Å². The zero-order valence-corrected chi connectivity index (χ0v) is 20.6. The number of halogens is 2. The second-order valence-electron chi connectivity index (χ2n) is 8.15. The predicted octanol–water partition coefficient (Wildman–Crippen LogP) is 5.61. The molecule has 1 amide bonds. The topological polar surface area (TPSA) is 96.7 Å². The normalized spacial score (nSPS) is 10.9. The molecular weight excluding hydrogens is 487 g/mol. The number of carboxylic acid groups (broad SMARTS) is 1. The van der Waals surface area contributed by atoms with Gasteiger partial charge in [0.25, 0.3) is 5.56 Å². The number of aromatic nitrogens is 2. The lowest BCUT2D eigenvalue weighted by Gasteiger charge is -2.20. The number of hydrogen-bond donors (Lipinski definition) is 2. The largest absolute Gasteiger partial charge is 0.497 e. The summed E-state index contributed by atoms with van der Waals surface area (Å²) in [7, 11) is 3.53. The van der Waals surface area contributed by atoms with Crippen molar-refractivity contribution in [1.82, 2.24) is 9.55 Å². The van der Waals surface area contributed by atoms with E-state index in [1.54, 1.807) is 23.9 Å². The van der Waals surface area contributed by atoms with Gasteiger partial charge in [0.2, 0.25) is 0 Å². The molecule has 0 aliphatic carbocycles. The van der Waals surface area contributed by atoms with Crippen LogP contribution in [0, 0.1) is 5.82 Å². The molecule has 2 N–H and O–H groups in total. The van der Waals surface area contributed by atoms with Crippen molar-refractivity contribution in [2.45, 2.75) is 20.0 Å². The highest BCUT2D eigenvalue weighted by Crippen LogP contribution is 2.33. The van der Waals surface area contributed by atoms with Gasteiger partial charge in [-0.1, -0.05) is 23.7 Å².